The first-order chi connectivity index (χ1) is 27.6. The number of rotatable bonds is 20. The van der Waals surface area contributed by atoms with E-state index in [1.165, 1.54) is 43.0 Å². The third-order valence-electron chi connectivity index (χ3n) is 8.74. The van der Waals surface area contributed by atoms with Gasteiger partial charge < -0.3 is 33.8 Å². The average molecular weight is 778 g/mol. The van der Waals surface area contributed by atoms with E-state index in [1.807, 2.05) is 24.3 Å². The van der Waals surface area contributed by atoms with Gasteiger partial charge >= 0.3 is 17.9 Å². The molecule has 0 heterocycles. The summed E-state index contributed by atoms with van der Waals surface area (Å²) in [4.78, 5) is 35.6. The number of carbonyl (C=O) groups excluding carboxylic acids is 3. The van der Waals surface area contributed by atoms with E-state index in [0.29, 0.717) is 22.9 Å². The largest absolute Gasteiger partial charge is 0.493 e. The number of hydrogen-bond donors (Lipinski definition) is 1. The molecule has 0 atom stereocenters. The van der Waals surface area contributed by atoms with E-state index in [0.717, 1.165) is 50.0 Å². The monoisotopic (exact) mass is 777 g/mol. The fraction of sp³-hybridized carbons (Fsp3) is 0.200. The van der Waals surface area contributed by atoms with Gasteiger partial charge in [-0.1, -0.05) is 68.5 Å². The highest BCUT2D eigenvalue weighted by Gasteiger charge is 2.17. The van der Waals surface area contributed by atoms with Crippen molar-refractivity contribution in [3.63, 3.8) is 0 Å². The van der Waals surface area contributed by atoms with Crippen molar-refractivity contribution in [1.29, 1.82) is 5.41 Å². The molecule has 5 aromatic rings. The minimum atomic E-state index is -1.22. The lowest BCUT2D eigenvalue weighted by molar-refractivity contribution is -0.137. The van der Waals surface area contributed by atoms with Crippen LogP contribution in [0.1, 0.15) is 58.3 Å². The van der Waals surface area contributed by atoms with Crippen LogP contribution in [0, 0.1) is 11.2 Å². The molecule has 5 aromatic carbocycles. The van der Waals surface area contributed by atoms with Gasteiger partial charge in [0.25, 0.3) is 0 Å². The van der Waals surface area contributed by atoms with Crippen LogP contribution >= 0.6 is 0 Å². The number of esters is 3. The van der Waals surface area contributed by atoms with Gasteiger partial charge in [0.05, 0.1) is 24.8 Å². The van der Waals surface area contributed by atoms with Crippen LogP contribution in [-0.2, 0) is 34.0 Å². The Morgan fingerprint density at radius 3 is 2.11 bits per heavy atom. The molecular weight excluding hydrogens is 736 g/mol. The molecule has 0 amide bonds. The van der Waals surface area contributed by atoms with Crippen molar-refractivity contribution < 1.29 is 51.6 Å². The molecule has 0 saturated heterocycles. The molecule has 0 aliphatic heterocycles. The number of halogens is 2. The van der Waals surface area contributed by atoms with Gasteiger partial charge in [-0.25, -0.2) is 18.8 Å². The number of methoxy groups -OCH3 is 1. The molecule has 0 fully saturated rings. The van der Waals surface area contributed by atoms with Crippen molar-refractivity contribution in [2.45, 2.75) is 45.3 Å². The Hall–Kier alpha value is -6.82. The van der Waals surface area contributed by atoms with Gasteiger partial charge in [0.2, 0.25) is 5.83 Å². The smallest absolute Gasteiger partial charge is 0.371 e. The van der Waals surface area contributed by atoms with E-state index in [1.54, 1.807) is 36.4 Å². The molecule has 0 radical (unpaired) electrons. The van der Waals surface area contributed by atoms with Crippen LogP contribution in [0.2, 0.25) is 0 Å². The summed E-state index contributed by atoms with van der Waals surface area (Å²) in [5.74, 6) is -3.53. The Balaban J connectivity index is 1.12. The number of fused-ring (bicyclic) bond motifs is 1. The van der Waals surface area contributed by atoms with Gasteiger partial charge in [0.1, 0.15) is 24.7 Å². The lowest BCUT2D eigenvalue weighted by Crippen LogP contribution is -2.10. The standard InChI is InChI=1S/C45H41F2NO9/c1-4-42(49)53-22-8-6-5-7-9-30-10-12-31(13-11-30)27-55-40-21-20-38(37(26-48)43(40)47)54-28-32-14-19-39(41(23-32)52-3)57-45(51)35-16-15-34-25-36(18-17-33(34)24-35)56-44(50)29(2)46/h4,10-21,23-26,48H,1-2,5-9,22,27-28H2,3H3. The zero-order valence-corrected chi connectivity index (χ0v) is 31.3. The summed E-state index contributed by atoms with van der Waals surface area (Å²) >= 11 is 0. The number of nitrogens with one attached hydrogen (secondary N) is 1. The summed E-state index contributed by atoms with van der Waals surface area (Å²) in [6.45, 7) is 6.82. The third kappa shape index (κ3) is 11.6. The van der Waals surface area contributed by atoms with Crippen molar-refractivity contribution in [2.24, 2.45) is 0 Å². The van der Waals surface area contributed by atoms with Gasteiger partial charge in [-0.05, 0) is 95.3 Å². The van der Waals surface area contributed by atoms with E-state index in [2.05, 4.69) is 13.2 Å². The molecule has 0 saturated carbocycles. The first kappa shape index (κ1) is 41.3. The maximum absolute atomic E-state index is 15.5. The van der Waals surface area contributed by atoms with Crippen LogP contribution in [-0.4, -0.2) is 37.8 Å². The van der Waals surface area contributed by atoms with Gasteiger partial charge in [-0.3, -0.25) is 0 Å². The lowest BCUT2D eigenvalue weighted by Gasteiger charge is -2.15. The van der Waals surface area contributed by atoms with Crippen LogP contribution in [0.5, 0.6) is 28.7 Å². The van der Waals surface area contributed by atoms with E-state index >= 15 is 4.39 Å². The van der Waals surface area contributed by atoms with E-state index in [-0.39, 0.29) is 53.1 Å². The molecule has 294 valence electrons. The zero-order valence-electron chi connectivity index (χ0n) is 31.3. The molecule has 5 rings (SSSR count). The lowest BCUT2D eigenvalue weighted by atomic mass is 10.0. The van der Waals surface area contributed by atoms with Crippen LogP contribution in [0.15, 0.2) is 116 Å². The number of benzene rings is 5. The topological polar surface area (TPSA) is 130 Å². The maximum Gasteiger partial charge on any atom is 0.371 e. The number of unbranched alkanes of at least 4 members (excludes halogenated alkanes) is 3. The molecule has 0 spiro atoms. The fourth-order valence-corrected chi connectivity index (χ4v) is 5.69. The number of hydrogen-bond acceptors (Lipinski definition) is 10. The van der Waals surface area contributed by atoms with Crippen LogP contribution in [0.4, 0.5) is 8.78 Å². The highest BCUT2D eigenvalue weighted by molar-refractivity contribution is 5.97. The second-order valence-electron chi connectivity index (χ2n) is 12.8. The first-order valence-corrected chi connectivity index (χ1v) is 18.0. The Labute approximate surface area is 328 Å². The molecule has 10 nitrogen and oxygen atoms in total. The van der Waals surface area contributed by atoms with Crippen LogP contribution in [0.3, 0.4) is 0 Å². The third-order valence-corrected chi connectivity index (χ3v) is 8.74. The Kier molecular flexibility index (Phi) is 14.7. The molecule has 57 heavy (non-hydrogen) atoms. The molecule has 0 aromatic heterocycles. The fourth-order valence-electron chi connectivity index (χ4n) is 5.69. The van der Waals surface area contributed by atoms with Gasteiger partial charge in [0.15, 0.2) is 23.1 Å². The molecule has 0 aliphatic rings. The predicted octanol–water partition coefficient (Wildman–Crippen LogP) is 9.58. The highest BCUT2D eigenvalue weighted by atomic mass is 19.1. The summed E-state index contributed by atoms with van der Waals surface area (Å²) in [6.07, 6.45) is 6.75. The Morgan fingerprint density at radius 2 is 1.37 bits per heavy atom. The first-order valence-electron chi connectivity index (χ1n) is 18.0. The van der Waals surface area contributed by atoms with Gasteiger partial charge in [-0.2, -0.15) is 4.39 Å². The molecule has 0 unspecified atom stereocenters. The Morgan fingerprint density at radius 1 is 0.719 bits per heavy atom. The second-order valence-corrected chi connectivity index (χ2v) is 12.8. The molecule has 0 aliphatic carbocycles. The summed E-state index contributed by atoms with van der Waals surface area (Å²) in [5.41, 5.74) is 2.84. The number of aryl methyl sites for hydroxylation is 1. The number of carbonyl (C=O) groups is 3. The zero-order chi connectivity index (χ0) is 40.7. The minimum Gasteiger partial charge on any atom is -0.493 e. The SMILES string of the molecule is C=CC(=O)OCCCCCCc1ccc(COc2ccc(OCc3ccc(OC(=O)c4ccc5cc(OC(=O)C(=C)F)ccc5c4)c(OC)c3)c(C=N)c2F)cc1. The highest BCUT2D eigenvalue weighted by Crippen LogP contribution is 2.32. The van der Waals surface area contributed by atoms with Crippen LogP contribution in [0.25, 0.3) is 10.8 Å². The molecule has 0 bridgehead atoms. The summed E-state index contributed by atoms with van der Waals surface area (Å²) in [6, 6.07) is 25.1. The second kappa shape index (κ2) is 20.2. The van der Waals surface area contributed by atoms with Crippen molar-refractivity contribution in [1.82, 2.24) is 0 Å². The molecule has 1 N–H and O–H groups in total. The van der Waals surface area contributed by atoms with Crippen molar-refractivity contribution >= 4 is 34.9 Å². The number of ether oxygens (including phenoxy) is 6. The van der Waals surface area contributed by atoms with Crippen molar-refractivity contribution in [2.75, 3.05) is 13.7 Å². The summed E-state index contributed by atoms with van der Waals surface area (Å²) in [5, 5.41) is 9.14. The van der Waals surface area contributed by atoms with Crippen LogP contribution < -0.4 is 23.7 Å². The van der Waals surface area contributed by atoms with Crippen molar-refractivity contribution in [3.8, 4) is 28.7 Å². The average Bonchev–Trinajstić information content (AvgIpc) is 3.22. The van der Waals surface area contributed by atoms with E-state index < -0.39 is 29.6 Å². The minimum absolute atomic E-state index is 0.00993. The van der Waals surface area contributed by atoms with Gasteiger partial charge in [0, 0.05) is 12.3 Å². The predicted molar refractivity (Wildman–Crippen MR) is 211 cm³/mol. The molecular formula is C45H41F2NO9. The maximum atomic E-state index is 15.5. The summed E-state index contributed by atoms with van der Waals surface area (Å²) < 4.78 is 61.1. The normalized spacial score (nSPS) is 10.6. The van der Waals surface area contributed by atoms with E-state index in [4.69, 9.17) is 33.8 Å². The summed E-state index contributed by atoms with van der Waals surface area (Å²) in [7, 11) is 1.42. The van der Waals surface area contributed by atoms with Gasteiger partial charge in [-0.15, -0.1) is 0 Å². The molecule has 12 heteroatoms. The Bertz CT molecular complexity index is 2270. The quantitative estimate of drug-likeness (QED) is 0.0270. The van der Waals surface area contributed by atoms with E-state index in [9.17, 15) is 18.8 Å². The van der Waals surface area contributed by atoms with Crippen molar-refractivity contribution in [3.05, 3.63) is 150 Å².